The molecular formula is C24H21N3O4. The molecule has 0 aliphatic carbocycles. The smallest absolute Gasteiger partial charge is 0.338 e. The summed E-state index contributed by atoms with van der Waals surface area (Å²) in [5.41, 5.74) is 2.00. The number of nitrogens with zero attached hydrogens (tertiary/aromatic N) is 3. The third-order valence-electron chi connectivity index (χ3n) is 5.10. The maximum absolute atomic E-state index is 13.5. The Bertz CT molecular complexity index is 1400. The van der Waals surface area contributed by atoms with Crippen molar-refractivity contribution in [1.82, 2.24) is 14.1 Å². The van der Waals surface area contributed by atoms with Crippen molar-refractivity contribution in [3.63, 3.8) is 0 Å². The Morgan fingerprint density at radius 3 is 2.32 bits per heavy atom. The molecule has 0 bridgehead atoms. The van der Waals surface area contributed by atoms with E-state index in [1.165, 1.54) is 17.7 Å². The fourth-order valence-electron chi connectivity index (χ4n) is 3.56. The minimum atomic E-state index is -0.659. The van der Waals surface area contributed by atoms with Crippen LogP contribution in [0.2, 0.25) is 0 Å². The molecule has 0 radical (unpaired) electrons. The van der Waals surface area contributed by atoms with Gasteiger partial charge in [0.05, 0.1) is 30.3 Å². The zero-order valence-corrected chi connectivity index (χ0v) is 17.5. The first-order valence-corrected chi connectivity index (χ1v) is 9.77. The minimum Gasteiger partial charge on any atom is -0.465 e. The van der Waals surface area contributed by atoms with E-state index in [1.807, 2.05) is 37.3 Å². The number of aromatic nitrogens is 3. The van der Waals surface area contributed by atoms with Crippen LogP contribution in [0.3, 0.4) is 0 Å². The highest BCUT2D eigenvalue weighted by atomic mass is 16.5. The van der Waals surface area contributed by atoms with E-state index in [0.717, 1.165) is 15.7 Å². The van der Waals surface area contributed by atoms with Gasteiger partial charge in [0.25, 0.3) is 5.56 Å². The summed E-state index contributed by atoms with van der Waals surface area (Å²) >= 11 is 0. The van der Waals surface area contributed by atoms with Crippen LogP contribution in [0.4, 0.5) is 0 Å². The quantitative estimate of drug-likeness (QED) is 0.479. The van der Waals surface area contributed by atoms with Gasteiger partial charge >= 0.3 is 11.7 Å². The van der Waals surface area contributed by atoms with Crippen molar-refractivity contribution in [2.75, 3.05) is 7.11 Å². The molecule has 0 saturated heterocycles. The molecule has 0 N–H and O–H groups in total. The highest BCUT2D eigenvalue weighted by Crippen LogP contribution is 2.18. The summed E-state index contributed by atoms with van der Waals surface area (Å²) in [6.07, 6.45) is 0. The van der Waals surface area contributed by atoms with Crippen LogP contribution in [0.25, 0.3) is 16.7 Å². The van der Waals surface area contributed by atoms with Crippen molar-refractivity contribution in [2.24, 2.45) is 0 Å². The van der Waals surface area contributed by atoms with Gasteiger partial charge in [-0.1, -0.05) is 48.0 Å². The summed E-state index contributed by atoms with van der Waals surface area (Å²) in [4.78, 5) is 43.9. The summed E-state index contributed by atoms with van der Waals surface area (Å²) in [7, 11) is 1.25. The van der Waals surface area contributed by atoms with E-state index in [-0.39, 0.29) is 23.1 Å². The normalized spacial score (nSPS) is 10.9. The molecule has 0 unspecified atom stereocenters. The standard InChI is InChI=1S/C24H21N3O4/c1-15-9-11-17(12-10-15)14-26-22(28)20-19(23(29)31-3)13-16(2)25-21(20)27(24(26)30)18-7-5-4-6-8-18/h4-13H,14H2,1-3H3. The average Bonchev–Trinajstić information content (AvgIpc) is 2.77. The number of ether oxygens (including phenoxy) is 1. The number of benzene rings is 2. The predicted molar refractivity (Wildman–Crippen MR) is 118 cm³/mol. The van der Waals surface area contributed by atoms with Crippen LogP contribution in [0.1, 0.15) is 27.2 Å². The van der Waals surface area contributed by atoms with Crippen LogP contribution in [0, 0.1) is 13.8 Å². The van der Waals surface area contributed by atoms with Gasteiger partial charge in [0, 0.05) is 5.69 Å². The molecule has 0 saturated carbocycles. The molecule has 7 heteroatoms. The van der Waals surface area contributed by atoms with E-state index in [2.05, 4.69) is 4.98 Å². The van der Waals surface area contributed by atoms with Crippen LogP contribution in [0.5, 0.6) is 0 Å². The van der Waals surface area contributed by atoms with E-state index in [4.69, 9.17) is 4.74 Å². The summed E-state index contributed by atoms with van der Waals surface area (Å²) < 4.78 is 7.39. The first-order valence-electron chi connectivity index (χ1n) is 9.77. The number of hydrogen-bond donors (Lipinski definition) is 0. The third-order valence-corrected chi connectivity index (χ3v) is 5.10. The van der Waals surface area contributed by atoms with Crippen LogP contribution in [0.15, 0.2) is 70.3 Å². The molecule has 0 aliphatic rings. The largest absolute Gasteiger partial charge is 0.465 e. The molecule has 0 amide bonds. The zero-order valence-electron chi connectivity index (χ0n) is 17.5. The Hall–Kier alpha value is -4.00. The fourth-order valence-corrected chi connectivity index (χ4v) is 3.56. The molecule has 0 atom stereocenters. The molecule has 31 heavy (non-hydrogen) atoms. The third kappa shape index (κ3) is 3.66. The van der Waals surface area contributed by atoms with Gasteiger partial charge in [-0.05, 0) is 37.6 Å². The number of rotatable bonds is 4. The molecule has 156 valence electrons. The lowest BCUT2D eigenvalue weighted by Crippen LogP contribution is -2.40. The maximum atomic E-state index is 13.5. The predicted octanol–water partition coefficient (Wildman–Crippen LogP) is 3.00. The van der Waals surface area contributed by atoms with Crippen molar-refractivity contribution >= 4 is 17.0 Å². The number of para-hydroxylation sites is 1. The second kappa shape index (κ2) is 8.02. The van der Waals surface area contributed by atoms with Gasteiger partial charge in [-0.3, -0.25) is 9.36 Å². The number of aryl methyl sites for hydroxylation is 2. The van der Waals surface area contributed by atoms with E-state index in [9.17, 15) is 14.4 Å². The monoisotopic (exact) mass is 415 g/mol. The summed E-state index contributed by atoms with van der Waals surface area (Å²) in [5, 5.41) is 0.0491. The second-order valence-corrected chi connectivity index (χ2v) is 7.33. The van der Waals surface area contributed by atoms with Gasteiger partial charge in [0.2, 0.25) is 0 Å². The molecular weight excluding hydrogens is 394 g/mol. The van der Waals surface area contributed by atoms with Crippen LogP contribution in [-0.2, 0) is 11.3 Å². The molecule has 4 rings (SSSR count). The lowest BCUT2D eigenvalue weighted by atomic mass is 10.1. The van der Waals surface area contributed by atoms with E-state index in [0.29, 0.717) is 11.4 Å². The van der Waals surface area contributed by atoms with Crippen LogP contribution < -0.4 is 11.2 Å². The number of fused-ring (bicyclic) bond motifs is 1. The van der Waals surface area contributed by atoms with Gasteiger partial charge in [-0.25, -0.2) is 19.1 Å². The van der Waals surface area contributed by atoms with Crippen LogP contribution >= 0.6 is 0 Å². The highest BCUT2D eigenvalue weighted by Gasteiger charge is 2.22. The molecule has 7 nitrogen and oxygen atoms in total. The van der Waals surface area contributed by atoms with Crippen LogP contribution in [-0.4, -0.2) is 27.2 Å². The number of pyridine rings is 1. The molecule has 2 aromatic carbocycles. The molecule has 0 aliphatic heterocycles. The Morgan fingerprint density at radius 1 is 1.00 bits per heavy atom. The number of carbonyl (C=O) groups excluding carboxylic acids is 1. The first-order chi connectivity index (χ1) is 14.9. The van der Waals surface area contributed by atoms with Crippen molar-refractivity contribution in [2.45, 2.75) is 20.4 Å². The summed E-state index contributed by atoms with van der Waals surface area (Å²) in [6.45, 7) is 3.73. The summed E-state index contributed by atoms with van der Waals surface area (Å²) in [5.74, 6) is -0.659. The topological polar surface area (TPSA) is 83.2 Å². The lowest BCUT2D eigenvalue weighted by Gasteiger charge is -2.16. The number of carbonyl (C=O) groups is 1. The summed E-state index contributed by atoms with van der Waals surface area (Å²) in [6, 6.07) is 18.0. The minimum absolute atomic E-state index is 0.0491. The Balaban J connectivity index is 2.12. The van der Waals surface area contributed by atoms with Gasteiger partial charge in [-0.2, -0.15) is 0 Å². The van der Waals surface area contributed by atoms with Crippen molar-refractivity contribution < 1.29 is 9.53 Å². The van der Waals surface area contributed by atoms with Crippen molar-refractivity contribution in [1.29, 1.82) is 0 Å². The van der Waals surface area contributed by atoms with E-state index >= 15 is 0 Å². The molecule has 4 aromatic rings. The molecule has 2 heterocycles. The molecule has 0 fully saturated rings. The molecule has 0 spiro atoms. The van der Waals surface area contributed by atoms with E-state index < -0.39 is 17.2 Å². The van der Waals surface area contributed by atoms with Gasteiger partial charge in [0.15, 0.2) is 5.65 Å². The molecule has 2 aromatic heterocycles. The lowest BCUT2D eigenvalue weighted by molar-refractivity contribution is 0.0602. The van der Waals surface area contributed by atoms with Gasteiger partial charge in [0.1, 0.15) is 0 Å². The SMILES string of the molecule is COC(=O)c1cc(C)nc2c1c(=O)n(Cc1ccc(C)cc1)c(=O)n2-c1ccccc1. The Labute approximate surface area is 178 Å². The second-order valence-electron chi connectivity index (χ2n) is 7.33. The number of hydrogen-bond acceptors (Lipinski definition) is 5. The fraction of sp³-hybridized carbons (Fsp3) is 0.167. The maximum Gasteiger partial charge on any atom is 0.338 e. The van der Waals surface area contributed by atoms with Gasteiger partial charge < -0.3 is 4.74 Å². The zero-order chi connectivity index (χ0) is 22.1. The Morgan fingerprint density at radius 2 is 1.68 bits per heavy atom. The average molecular weight is 415 g/mol. The Kier molecular flexibility index (Phi) is 5.25. The van der Waals surface area contributed by atoms with Gasteiger partial charge in [-0.15, -0.1) is 0 Å². The van der Waals surface area contributed by atoms with Crippen molar-refractivity contribution in [3.8, 4) is 5.69 Å². The number of methoxy groups -OCH3 is 1. The number of esters is 1. The van der Waals surface area contributed by atoms with E-state index in [1.54, 1.807) is 31.2 Å². The first kappa shape index (κ1) is 20.3. The highest BCUT2D eigenvalue weighted by molar-refractivity contribution is 6.02. The van der Waals surface area contributed by atoms with Crippen molar-refractivity contribution in [3.05, 3.63) is 104 Å².